The number of hydrogen-bond donors (Lipinski definition) is 0. The minimum Gasteiger partial charge on any atom is -0.423 e. The van der Waals surface area contributed by atoms with Gasteiger partial charge in [-0.1, -0.05) is 11.6 Å². The van der Waals surface area contributed by atoms with Gasteiger partial charge in [0.05, 0.1) is 6.61 Å². The summed E-state index contributed by atoms with van der Waals surface area (Å²) in [5.74, 6) is 0.709. The number of sulfonamides is 1. The summed E-state index contributed by atoms with van der Waals surface area (Å²) in [6.45, 7) is 2.36. The molecule has 0 saturated carbocycles. The standard InChI is InChI=1S/C15H14ClN3O4S2/c1-9-17-18-15(23-9)12-8-19(4-5-22-12)25(20,21)14-7-10-6-11(16)2-3-13(10)24-14/h2-3,6-7,12H,4-5,8H2,1H3. The van der Waals surface area contributed by atoms with Gasteiger partial charge in [0, 0.05) is 29.7 Å². The summed E-state index contributed by atoms with van der Waals surface area (Å²) in [6, 6.07) is 6.99. The highest BCUT2D eigenvalue weighted by Crippen LogP contribution is 2.34. The molecule has 0 N–H and O–H groups in total. The van der Waals surface area contributed by atoms with Crippen molar-refractivity contribution >= 4 is 43.0 Å². The van der Waals surface area contributed by atoms with Crippen molar-refractivity contribution in [3.05, 3.63) is 41.1 Å². The molecule has 1 aromatic carbocycles. The maximum absolute atomic E-state index is 13.0. The Morgan fingerprint density at radius 3 is 2.92 bits per heavy atom. The van der Waals surface area contributed by atoms with Gasteiger partial charge < -0.3 is 9.15 Å². The van der Waals surface area contributed by atoms with E-state index in [2.05, 4.69) is 10.2 Å². The molecule has 1 saturated heterocycles. The topological polar surface area (TPSA) is 85.5 Å². The van der Waals surface area contributed by atoms with Crippen LogP contribution in [-0.2, 0) is 14.8 Å². The third kappa shape index (κ3) is 3.18. The van der Waals surface area contributed by atoms with Crippen molar-refractivity contribution in [1.29, 1.82) is 0 Å². The van der Waals surface area contributed by atoms with E-state index >= 15 is 0 Å². The summed E-state index contributed by atoms with van der Waals surface area (Å²) in [4.78, 5) is 0. The molecule has 0 aliphatic carbocycles. The van der Waals surface area contributed by atoms with E-state index in [9.17, 15) is 8.42 Å². The Bertz CT molecular complexity index is 1030. The number of benzene rings is 1. The van der Waals surface area contributed by atoms with E-state index in [1.807, 2.05) is 6.07 Å². The van der Waals surface area contributed by atoms with Gasteiger partial charge in [0.1, 0.15) is 10.3 Å². The van der Waals surface area contributed by atoms with Gasteiger partial charge in [-0.15, -0.1) is 21.5 Å². The van der Waals surface area contributed by atoms with Gasteiger partial charge in [-0.05, 0) is 29.7 Å². The molecule has 0 radical (unpaired) electrons. The van der Waals surface area contributed by atoms with Crippen molar-refractivity contribution in [2.24, 2.45) is 0 Å². The van der Waals surface area contributed by atoms with Crippen LogP contribution in [0.4, 0.5) is 0 Å². The van der Waals surface area contributed by atoms with Crippen LogP contribution in [0.2, 0.25) is 5.02 Å². The van der Waals surface area contributed by atoms with E-state index in [4.69, 9.17) is 20.8 Å². The fraction of sp³-hybridized carbons (Fsp3) is 0.333. The first-order valence-electron chi connectivity index (χ1n) is 7.54. The zero-order valence-corrected chi connectivity index (χ0v) is 15.6. The van der Waals surface area contributed by atoms with Crippen molar-refractivity contribution in [1.82, 2.24) is 14.5 Å². The minimum absolute atomic E-state index is 0.138. The molecule has 3 aromatic rings. The number of rotatable bonds is 3. The second kappa shape index (κ2) is 6.33. The number of nitrogens with zero attached hydrogens (tertiary/aromatic N) is 3. The van der Waals surface area contributed by atoms with E-state index in [1.54, 1.807) is 25.1 Å². The summed E-state index contributed by atoms with van der Waals surface area (Å²) >= 11 is 7.21. The van der Waals surface area contributed by atoms with Gasteiger partial charge in [0.15, 0.2) is 0 Å². The summed E-state index contributed by atoms with van der Waals surface area (Å²) in [6.07, 6.45) is -0.562. The molecule has 3 heterocycles. The number of fused-ring (bicyclic) bond motifs is 1. The fourth-order valence-corrected chi connectivity index (χ4v) is 5.82. The van der Waals surface area contributed by atoms with Crippen LogP contribution in [0.1, 0.15) is 17.9 Å². The normalized spacial score (nSPS) is 19.5. The largest absolute Gasteiger partial charge is 0.423 e. The Morgan fingerprint density at radius 2 is 2.16 bits per heavy atom. The fourth-order valence-electron chi connectivity index (χ4n) is 2.68. The van der Waals surface area contributed by atoms with Crippen LogP contribution in [-0.4, -0.2) is 42.6 Å². The van der Waals surface area contributed by atoms with E-state index in [0.29, 0.717) is 16.8 Å². The number of halogens is 1. The first-order valence-corrected chi connectivity index (χ1v) is 10.2. The summed E-state index contributed by atoms with van der Waals surface area (Å²) in [7, 11) is -3.63. The van der Waals surface area contributed by atoms with Gasteiger partial charge in [-0.2, -0.15) is 4.31 Å². The molecular weight excluding hydrogens is 386 g/mol. The smallest absolute Gasteiger partial charge is 0.252 e. The second-order valence-electron chi connectivity index (χ2n) is 5.63. The first-order chi connectivity index (χ1) is 11.9. The van der Waals surface area contributed by atoms with Crippen molar-refractivity contribution in [3.8, 4) is 0 Å². The molecule has 0 amide bonds. The number of aromatic nitrogens is 2. The molecule has 132 valence electrons. The van der Waals surface area contributed by atoms with E-state index in [-0.39, 0.29) is 23.9 Å². The van der Waals surface area contributed by atoms with Crippen LogP contribution < -0.4 is 0 Å². The van der Waals surface area contributed by atoms with E-state index in [1.165, 1.54) is 15.6 Å². The number of hydrogen-bond acceptors (Lipinski definition) is 7. The molecule has 1 aliphatic heterocycles. The zero-order chi connectivity index (χ0) is 17.6. The molecule has 0 spiro atoms. The highest BCUT2D eigenvalue weighted by atomic mass is 35.5. The van der Waals surface area contributed by atoms with Crippen LogP contribution in [0.25, 0.3) is 10.1 Å². The zero-order valence-electron chi connectivity index (χ0n) is 13.2. The lowest BCUT2D eigenvalue weighted by molar-refractivity contribution is -0.0176. The Hall–Kier alpha value is -1.52. The average molecular weight is 400 g/mol. The van der Waals surface area contributed by atoms with Crippen molar-refractivity contribution in [3.63, 3.8) is 0 Å². The average Bonchev–Trinajstić information content (AvgIpc) is 3.21. The van der Waals surface area contributed by atoms with Crippen LogP contribution >= 0.6 is 22.9 Å². The number of morpholine rings is 1. The van der Waals surface area contributed by atoms with E-state index < -0.39 is 16.1 Å². The maximum atomic E-state index is 13.0. The van der Waals surface area contributed by atoms with Crippen LogP contribution in [0.3, 0.4) is 0 Å². The molecule has 1 unspecified atom stereocenters. The predicted molar refractivity (Wildman–Crippen MR) is 93.3 cm³/mol. The molecule has 25 heavy (non-hydrogen) atoms. The predicted octanol–water partition coefficient (Wildman–Crippen LogP) is 3.01. The van der Waals surface area contributed by atoms with Gasteiger partial charge >= 0.3 is 0 Å². The maximum Gasteiger partial charge on any atom is 0.252 e. The van der Waals surface area contributed by atoms with Gasteiger partial charge in [0.25, 0.3) is 10.0 Å². The second-order valence-corrected chi connectivity index (χ2v) is 9.31. The highest BCUT2D eigenvalue weighted by molar-refractivity contribution is 7.91. The Labute approximate surface area is 153 Å². The third-order valence-electron chi connectivity index (χ3n) is 3.90. The van der Waals surface area contributed by atoms with Gasteiger partial charge in [0.2, 0.25) is 11.8 Å². The SMILES string of the molecule is Cc1nnc(C2CN(S(=O)(=O)c3cc4cc(Cl)ccc4s3)CCO2)o1. The Balaban J connectivity index is 1.64. The molecule has 7 nitrogen and oxygen atoms in total. The summed E-state index contributed by atoms with van der Waals surface area (Å²) in [5, 5.41) is 9.09. The lowest BCUT2D eigenvalue weighted by Crippen LogP contribution is -2.42. The Kier molecular flexibility index (Phi) is 4.28. The molecule has 1 atom stereocenters. The van der Waals surface area contributed by atoms with Gasteiger partial charge in [-0.25, -0.2) is 8.42 Å². The summed E-state index contributed by atoms with van der Waals surface area (Å²) in [5.41, 5.74) is 0. The quantitative estimate of drug-likeness (QED) is 0.673. The monoisotopic (exact) mass is 399 g/mol. The molecule has 2 aromatic heterocycles. The van der Waals surface area contributed by atoms with Gasteiger partial charge in [-0.3, -0.25) is 0 Å². The van der Waals surface area contributed by atoms with Crippen molar-refractivity contribution in [2.75, 3.05) is 19.7 Å². The lowest BCUT2D eigenvalue weighted by atomic mass is 10.3. The number of ether oxygens (including phenoxy) is 1. The Morgan fingerprint density at radius 1 is 1.32 bits per heavy atom. The molecule has 0 bridgehead atoms. The molecule has 4 rings (SSSR count). The van der Waals surface area contributed by atoms with E-state index in [0.717, 1.165) is 10.1 Å². The molecule has 1 aliphatic rings. The van der Waals surface area contributed by atoms with Crippen molar-refractivity contribution in [2.45, 2.75) is 17.2 Å². The molecule has 10 heteroatoms. The number of aryl methyl sites for hydroxylation is 1. The molecular formula is C15H14ClN3O4S2. The first kappa shape index (κ1) is 16.9. The van der Waals surface area contributed by atoms with Crippen LogP contribution in [0.15, 0.2) is 32.9 Å². The van der Waals surface area contributed by atoms with Crippen molar-refractivity contribution < 1.29 is 17.6 Å². The highest BCUT2D eigenvalue weighted by Gasteiger charge is 2.34. The summed E-state index contributed by atoms with van der Waals surface area (Å²) < 4.78 is 39.5. The lowest BCUT2D eigenvalue weighted by Gasteiger charge is -2.29. The van der Waals surface area contributed by atoms with Crippen LogP contribution in [0, 0.1) is 6.92 Å². The third-order valence-corrected chi connectivity index (χ3v) is 7.56. The number of thiophene rings is 1. The minimum atomic E-state index is -3.63. The molecule has 1 fully saturated rings. The van der Waals surface area contributed by atoms with Crippen LogP contribution in [0.5, 0.6) is 0 Å².